The van der Waals surface area contributed by atoms with Gasteiger partial charge in [0, 0.05) is 54.8 Å². The number of anilines is 1. The lowest BCUT2D eigenvalue weighted by atomic mass is 10.2. The Morgan fingerprint density at radius 3 is 2.81 bits per heavy atom. The number of hydrogen-bond donors (Lipinski definition) is 1. The summed E-state index contributed by atoms with van der Waals surface area (Å²) >= 11 is 3.50. The van der Waals surface area contributed by atoms with E-state index in [1.54, 1.807) is 6.20 Å². The van der Waals surface area contributed by atoms with E-state index in [4.69, 9.17) is 0 Å². The van der Waals surface area contributed by atoms with E-state index in [0.29, 0.717) is 6.04 Å². The van der Waals surface area contributed by atoms with Gasteiger partial charge in [-0.05, 0) is 33.6 Å². The minimum absolute atomic E-state index is 0.445. The highest BCUT2D eigenvalue weighted by atomic mass is 79.9. The molecule has 0 unspecified atom stereocenters. The molecule has 21 heavy (non-hydrogen) atoms. The van der Waals surface area contributed by atoms with E-state index < -0.39 is 0 Å². The van der Waals surface area contributed by atoms with E-state index in [-0.39, 0.29) is 0 Å². The first-order valence-electron chi connectivity index (χ1n) is 7.04. The number of nitrogens with zero attached hydrogens (tertiary/aromatic N) is 3. The molecule has 0 amide bonds. The van der Waals surface area contributed by atoms with Crippen LogP contribution in [0, 0.1) is 0 Å². The standard InChI is InChI=1S/C16H21BrN4/c1-12(2)19-9-14-7-15(17)10-20-16(14)21(3)11-13-5-4-6-18-8-13/h4-8,10,12,19H,9,11H2,1-3H3. The van der Waals surface area contributed by atoms with Crippen molar-refractivity contribution in [2.75, 3.05) is 11.9 Å². The second kappa shape index (κ2) is 7.52. The van der Waals surface area contributed by atoms with Crippen LogP contribution in [0.3, 0.4) is 0 Å². The van der Waals surface area contributed by atoms with Crippen molar-refractivity contribution >= 4 is 21.7 Å². The quantitative estimate of drug-likeness (QED) is 0.868. The van der Waals surface area contributed by atoms with E-state index in [1.807, 2.05) is 18.5 Å². The van der Waals surface area contributed by atoms with Crippen LogP contribution in [0.1, 0.15) is 25.0 Å². The molecule has 0 aliphatic heterocycles. The second-order valence-electron chi connectivity index (χ2n) is 5.39. The summed E-state index contributed by atoms with van der Waals surface area (Å²) in [5, 5.41) is 3.45. The van der Waals surface area contributed by atoms with Gasteiger partial charge < -0.3 is 10.2 Å². The Morgan fingerprint density at radius 2 is 2.14 bits per heavy atom. The van der Waals surface area contributed by atoms with E-state index in [1.165, 1.54) is 11.1 Å². The fraction of sp³-hybridized carbons (Fsp3) is 0.375. The third-order valence-corrected chi connectivity index (χ3v) is 3.55. The molecule has 0 aromatic carbocycles. The number of hydrogen-bond acceptors (Lipinski definition) is 4. The molecule has 0 radical (unpaired) electrons. The Kier molecular flexibility index (Phi) is 5.70. The van der Waals surface area contributed by atoms with Crippen molar-refractivity contribution < 1.29 is 0 Å². The molecular formula is C16H21BrN4. The number of rotatable bonds is 6. The summed E-state index contributed by atoms with van der Waals surface area (Å²) in [7, 11) is 2.06. The maximum absolute atomic E-state index is 4.57. The van der Waals surface area contributed by atoms with Crippen LogP contribution in [0.5, 0.6) is 0 Å². The lowest BCUT2D eigenvalue weighted by Crippen LogP contribution is -2.25. The van der Waals surface area contributed by atoms with Crippen molar-refractivity contribution in [3.05, 3.63) is 52.4 Å². The molecule has 2 rings (SSSR count). The van der Waals surface area contributed by atoms with Crippen LogP contribution in [0.4, 0.5) is 5.82 Å². The lowest BCUT2D eigenvalue weighted by Gasteiger charge is -2.22. The van der Waals surface area contributed by atoms with Crippen molar-refractivity contribution in [2.45, 2.75) is 33.0 Å². The monoisotopic (exact) mass is 348 g/mol. The number of halogens is 1. The van der Waals surface area contributed by atoms with Crippen LogP contribution >= 0.6 is 15.9 Å². The third-order valence-electron chi connectivity index (χ3n) is 3.11. The molecular weight excluding hydrogens is 328 g/mol. The molecule has 0 spiro atoms. The van der Waals surface area contributed by atoms with Gasteiger partial charge in [0.2, 0.25) is 0 Å². The normalized spacial score (nSPS) is 10.9. The Hall–Kier alpha value is -1.46. The van der Waals surface area contributed by atoms with E-state index >= 15 is 0 Å². The van der Waals surface area contributed by atoms with E-state index in [9.17, 15) is 0 Å². The van der Waals surface area contributed by atoms with Crippen molar-refractivity contribution in [3.63, 3.8) is 0 Å². The molecule has 0 saturated heterocycles. The first-order chi connectivity index (χ1) is 10.1. The number of aromatic nitrogens is 2. The van der Waals surface area contributed by atoms with Crippen molar-refractivity contribution in [1.82, 2.24) is 15.3 Å². The van der Waals surface area contributed by atoms with Crippen LogP contribution in [0.2, 0.25) is 0 Å². The van der Waals surface area contributed by atoms with Gasteiger partial charge in [-0.3, -0.25) is 4.98 Å². The molecule has 2 heterocycles. The molecule has 0 fully saturated rings. The summed E-state index contributed by atoms with van der Waals surface area (Å²) in [6.45, 7) is 5.88. The van der Waals surface area contributed by atoms with Crippen molar-refractivity contribution in [3.8, 4) is 0 Å². The largest absolute Gasteiger partial charge is 0.355 e. The number of nitrogens with one attached hydrogen (secondary N) is 1. The van der Waals surface area contributed by atoms with Gasteiger partial charge in [0.05, 0.1) is 0 Å². The summed E-state index contributed by atoms with van der Waals surface area (Å²) in [4.78, 5) is 10.9. The maximum Gasteiger partial charge on any atom is 0.133 e. The zero-order chi connectivity index (χ0) is 15.2. The van der Waals surface area contributed by atoms with Crippen LogP contribution in [0.25, 0.3) is 0 Å². The van der Waals surface area contributed by atoms with E-state index in [0.717, 1.165) is 23.4 Å². The Bertz CT molecular complexity index is 572. The maximum atomic E-state index is 4.57. The highest BCUT2D eigenvalue weighted by Crippen LogP contribution is 2.22. The molecule has 0 aliphatic rings. The predicted octanol–water partition coefficient (Wildman–Crippen LogP) is 3.37. The van der Waals surface area contributed by atoms with Gasteiger partial charge in [0.15, 0.2) is 0 Å². The molecule has 0 saturated carbocycles. The van der Waals surface area contributed by atoms with Crippen LogP contribution in [0.15, 0.2) is 41.3 Å². The smallest absolute Gasteiger partial charge is 0.133 e. The molecule has 2 aromatic heterocycles. The highest BCUT2D eigenvalue weighted by Gasteiger charge is 2.11. The highest BCUT2D eigenvalue weighted by molar-refractivity contribution is 9.10. The minimum atomic E-state index is 0.445. The Balaban J connectivity index is 2.17. The average molecular weight is 349 g/mol. The second-order valence-corrected chi connectivity index (χ2v) is 6.30. The molecule has 2 aromatic rings. The average Bonchev–Trinajstić information content (AvgIpc) is 2.46. The molecule has 4 nitrogen and oxygen atoms in total. The lowest BCUT2D eigenvalue weighted by molar-refractivity contribution is 0.587. The van der Waals surface area contributed by atoms with Crippen LogP contribution in [-0.2, 0) is 13.1 Å². The molecule has 1 N–H and O–H groups in total. The Morgan fingerprint density at radius 1 is 1.33 bits per heavy atom. The first-order valence-corrected chi connectivity index (χ1v) is 7.83. The van der Waals surface area contributed by atoms with Crippen LogP contribution in [-0.4, -0.2) is 23.1 Å². The van der Waals surface area contributed by atoms with Gasteiger partial charge in [0.1, 0.15) is 5.82 Å². The summed E-state index contributed by atoms with van der Waals surface area (Å²) in [6, 6.07) is 6.60. The third kappa shape index (κ3) is 4.79. The molecule has 0 aliphatic carbocycles. The topological polar surface area (TPSA) is 41.1 Å². The van der Waals surface area contributed by atoms with Gasteiger partial charge in [0.25, 0.3) is 0 Å². The van der Waals surface area contributed by atoms with Gasteiger partial charge >= 0.3 is 0 Å². The van der Waals surface area contributed by atoms with Gasteiger partial charge in [-0.25, -0.2) is 4.98 Å². The fourth-order valence-corrected chi connectivity index (χ4v) is 2.48. The van der Waals surface area contributed by atoms with Crippen molar-refractivity contribution in [2.24, 2.45) is 0 Å². The molecule has 112 valence electrons. The van der Waals surface area contributed by atoms with Gasteiger partial charge in [-0.15, -0.1) is 0 Å². The molecule has 0 bridgehead atoms. The van der Waals surface area contributed by atoms with Crippen molar-refractivity contribution in [1.29, 1.82) is 0 Å². The predicted molar refractivity (Wildman–Crippen MR) is 90.3 cm³/mol. The first kappa shape index (κ1) is 15.9. The van der Waals surface area contributed by atoms with E-state index in [2.05, 4.69) is 69.1 Å². The van der Waals surface area contributed by atoms with Gasteiger partial charge in [-0.1, -0.05) is 19.9 Å². The summed E-state index contributed by atoms with van der Waals surface area (Å²) in [5.74, 6) is 0.996. The minimum Gasteiger partial charge on any atom is -0.355 e. The summed E-state index contributed by atoms with van der Waals surface area (Å²) in [6.07, 6.45) is 5.52. The molecule has 5 heteroatoms. The van der Waals surface area contributed by atoms with Gasteiger partial charge in [-0.2, -0.15) is 0 Å². The van der Waals surface area contributed by atoms with Crippen LogP contribution < -0.4 is 10.2 Å². The SMILES string of the molecule is CC(C)NCc1cc(Br)cnc1N(C)Cc1cccnc1. The molecule has 0 atom stereocenters. The number of pyridine rings is 2. The summed E-state index contributed by atoms with van der Waals surface area (Å²) in [5.41, 5.74) is 2.36. The zero-order valence-corrected chi connectivity index (χ0v) is 14.3. The summed E-state index contributed by atoms with van der Waals surface area (Å²) < 4.78 is 1.00. The Labute approximate surface area is 134 Å². The fourth-order valence-electron chi connectivity index (χ4n) is 2.10. The zero-order valence-electron chi connectivity index (χ0n) is 12.7.